The summed E-state index contributed by atoms with van der Waals surface area (Å²) in [7, 11) is 0. The highest BCUT2D eigenvalue weighted by molar-refractivity contribution is 5.34. The van der Waals surface area contributed by atoms with Crippen molar-refractivity contribution in [1.82, 2.24) is 0 Å². The lowest BCUT2D eigenvalue weighted by atomic mass is 9.55. The third kappa shape index (κ3) is 1.64. The summed E-state index contributed by atoms with van der Waals surface area (Å²) in [6.45, 7) is 0.933. The average Bonchev–Trinajstić information content (AvgIpc) is 2.91. The number of hydrogen-bond donors (Lipinski definition) is 1. The SMILES string of the molecule is NC[C@@]12CCC[C@H]1[C@@H]1CCc3ccccc3[C@H]1CC2. The van der Waals surface area contributed by atoms with Crippen LogP contribution in [0.3, 0.4) is 0 Å². The fourth-order valence-electron chi connectivity index (χ4n) is 5.67. The maximum atomic E-state index is 6.20. The van der Waals surface area contributed by atoms with Gasteiger partial charge >= 0.3 is 0 Å². The molecule has 1 aromatic carbocycles. The molecular weight excluding hydrogens is 230 g/mol. The van der Waals surface area contributed by atoms with Gasteiger partial charge in [0.05, 0.1) is 0 Å². The molecule has 1 nitrogen and oxygen atoms in total. The summed E-state index contributed by atoms with van der Waals surface area (Å²) >= 11 is 0. The van der Waals surface area contributed by atoms with Crippen LogP contribution in [0.5, 0.6) is 0 Å². The third-order valence-corrected chi connectivity index (χ3v) is 6.57. The first-order valence-electron chi connectivity index (χ1n) is 8.12. The summed E-state index contributed by atoms with van der Waals surface area (Å²) in [6, 6.07) is 9.20. The van der Waals surface area contributed by atoms with Crippen molar-refractivity contribution in [3.05, 3.63) is 35.4 Å². The lowest BCUT2D eigenvalue weighted by Crippen LogP contribution is -2.45. The Hall–Kier alpha value is -0.820. The molecule has 102 valence electrons. The maximum Gasteiger partial charge on any atom is -0.00178 e. The Bertz CT molecular complexity index is 480. The van der Waals surface area contributed by atoms with E-state index in [1.807, 2.05) is 0 Å². The quantitative estimate of drug-likeness (QED) is 0.810. The predicted molar refractivity (Wildman–Crippen MR) is 79.1 cm³/mol. The summed E-state index contributed by atoms with van der Waals surface area (Å²) in [5, 5.41) is 0. The topological polar surface area (TPSA) is 26.0 Å². The Kier molecular flexibility index (Phi) is 2.73. The van der Waals surface area contributed by atoms with Gasteiger partial charge in [-0.1, -0.05) is 30.7 Å². The van der Waals surface area contributed by atoms with E-state index in [4.69, 9.17) is 5.73 Å². The van der Waals surface area contributed by atoms with E-state index < -0.39 is 0 Å². The van der Waals surface area contributed by atoms with Crippen molar-refractivity contribution in [3.8, 4) is 0 Å². The molecule has 1 heteroatoms. The molecule has 3 aliphatic rings. The molecule has 0 bridgehead atoms. The Morgan fingerprint density at radius 1 is 1.11 bits per heavy atom. The first kappa shape index (κ1) is 12.0. The molecule has 19 heavy (non-hydrogen) atoms. The van der Waals surface area contributed by atoms with Gasteiger partial charge in [0.2, 0.25) is 0 Å². The van der Waals surface area contributed by atoms with Crippen LogP contribution >= 0.6 is 0 Å². The molecule has 2 N–H and O–H groups in total. The average molecular weight is 255 g/mol. The number of aryl methyl sites for hydroxylation is 1. The van der Waals surface area contributed by atoms with Gasteiger partial charge in [0.15, 0.2) is 0 Å². The smallest absolute Gasteiger partial charge is 0.00178 e. The molecular formula is C18H25N. The number of rotatable bonds is 1. The van der Waals surface area contributed by atoms with Crippen molar-refractivity contribution in [1.29, 1.82) is 0 Å². The van der Waals surface area contributed by atoms with Gasteiger partial charge in [0.1, 0.15) is 0 Å². The Morgan fingerprint density at radius 3 is 2.89 bits per heavy atom. The summed E-state index contributed by atoms with van der Waals surface area (Å²) in [4.78, 5) is 0. The highest BCUT2D eigenvalue weighted by atomic mass is 14.7. The van der Waals surface area contributed by atoms with Gasteiger partial charge in [-0.05, 0) is 79.4 Å². The molecule has 2 saturated carbocycles. The monoisotopic (exact) mass is 255 g/mol. The Balaban J connectivity index is 1.71. The summed E-state index contributed by atoms with van der Waals surface area (Å²) in [5.41, 5.74) is 10.0. The first-order valence-corrected chi connectivity index (χ1v) is 8.12. The van der Waals surface area contributed by atoms with Crippen molar-refractivity contribution in [2.45, 2.75) is 50.9 Å². The van der Waals surface area contributed by atoms with E-state index in [1.54, 1.807) is 11.1 Å². The van der Waals surface area contributed by atoms with Crippen LogP contribution in [-0.4, -0.2) is 6.54 Å². The minimum absolute atomic E-state index is 0.521. The Morgan fingerprint density at radius 2 is 2.00 bits per heavy atom. The molecule has 0 radical (unpaired) electrons. The van der Waals surface area contributed by atoms with Gasteiger partial charge < -0.3 is 5.73 Å². The molecule has 0 unspecified atom stereocenters. The standard InChI is InChI=1S/C18H25N/c19-12-18-10-3-6-17(18)16-8-7-13-4-1-2-5-14(13)15(16)9-11-18/h1-2,4-5,15-17H,3,6-12,19H2/t15-,16-,17+,18+/m1/s1. The maximum absolute atomic E-state index is 6.20. The zero-order valence-electron chi connectivity index (χ0n) is 11.8. The van der Waals surface area contributed by atoms with E-state index in [-0.39, 0.29) is 0 Å². The number of fused-ring (bicyclic) bond motifs is 5. The lowest BCUT2D eigenvalue weighted by molar-refractivity contribution is 0.0514. The molecule has 4 rings (SSSR count). The van der Waals surface area contributed by atoms with E-state index in [0.29, 0.717) is 5.41 Å². The highest BCUT2D eigenvalue weighted by Gasteiger charge is 2.51. The predicted octanol–water partition coefficient (Wildman–Crippen LogP) is 3.87. The van der Waals surface area contributed by atoms with Crippen LogP contribution in [0.2, 0.25) is 0 Å². The molecule has 0 heterocycles. The second-order valence-corrected chi connectivity index (χ2v) is 7.11. The minimum atomic E-state index is 0.521. The third-order valence-electron chi connectivity index (χ3n) is 6.57. The zero-order chi connectivity index (χ0) is 12.9. The van der Waals surface area contributed by atoms with E-state index in [1.165, 1.54) is 44.9 Å². The van der Waals surface area contributed by atoms with Gasteiger partial charge in [-0.2, -0.15) is 0 Å². The molecule has 0 aliphatic heterocycles. The van der Waals surface area contributed by atoms with E-state index in [2.05, 4.69) is 24.3 Å². The first-order chi connectivity index (χ1) is 9.34. The van der Waals surface area contributed by atoms with Crippen molar-refractivity contribution >= 4 is 0 Å². The van der Waals surface area contributed by atoms with Crippen molar-refractivity contribution in [3.63, 3.8) is 0 Å². The largest absolute Gasteiger partial charge is 0.330 e. The number of nitrogens with two attached hydrogens (primary N) is 1. The molecule has 1 aromatic rings. The van der Waals surface area contributed by atoms with Gasteiger partial charge in [-0.15, -0.1) is 0 Å². The van der Waals surface area contributed by atoms with E-state index in [0.717, 1.165) is 24.3 Å². The van der Waals surface area contributed by atoms with Gasteiger partial charge in [-0.3, -0.25) is 0 Å². The number of benzene rings is 1. The highest BCUT2D eigenvalue weighted by Crippen LogP contribution is 2.60. The van der Waals surface area contributed by atoms with Gasteiger partial charge in [-0.25, -0.2) is 0 Å². The molecule has 0 aromatic heterocycles. The van der Waals surface area contributed by atoms with Crippen LogP contribution in [0.4, 0.5) is 0 Å². The van der Waals surface area contributed by atoms with Crippen LogP contribution in [0.1, 0.15) is 55.6 Å². The summed E-state index contributed by atoms with van der Waals surface area (Å²) < 4.78 is 0. The molecule has 4 atom stereocenters. The van der Waals surface area contributed by atoms with Crippen molar-refractivity contribution in [2.75, 3.05) is 6.54 Å². The lowest BCUT2D eigenvalue weighted by Gasteiger charge is -2.50. The van der Waals surface area contributed by atoms with E-state index in [9.17, 15) is 0 Å². The van der Waals surface area contributed by atoms with Crippen LogP contribution < -0.4 is 5.73 Å². The van der Waals surface area contributed by atoms with Crippen LogP contribution in [0, 0.1) is 17.3 Å². The van der Waals surface area contributed by atoms with Crippen LogP contribution in [0.25, 0.3) is 0 Å². The van der Waals surface area contributed by atoms with E-state index >= 15 is 0 Å². The molecule has 3 aliphatic carbocycles. The van der Waals surface area contributed by atoms with Crippen LogP contribution in [-0.2, 0) is 6.42 Å². The normalized spacial score (nSPS) is 40.4. The Labute approximate surface area is 116 Å². The van der Waals surface area contributed by atoms with Crippen molar-refractivity contribution in [2.24, 2.45) is 23.0 Å². The molecule has 2 fully saturated rings. The molecule has 0 saturated heterocycles. The fourth-order valence-corrected chi connectivity index (χ4v) is 5.67. The second-order valence-electron chi connectivity index (χ2n) is 7.11. The summed E-state index contributed by atoms with van der Waals surface area (Å²) in [5.74, 6) is 2.69. The molecule has 0 amide bonds. The van der Waals surface area contributed by atoms with Crippen molar-refractivity contribution < 1.29 is 0 Å². The summed E-state index contributed by atoms with van der Waals surface area (Å²) in [6.07, 6.45) is 9.74. The van der Waals surface area contributed by atoms with Gasteiger partial charge in [0, 0.05) is 0 Å². The minimum Gasteiger partial charge on any atom is -0.330 e. The number of hydrogen-bond acceptors (Lipinski definition) is 1. The van der Waals surface area contributed by atoms with Crippen LogP contribution in [0.15, 0.2) is 24.3 Å². The van der Waals surface area contributed by atoms with Gasteiger partial charge in [0.25, 0.3) is 0 Å². The fraction of sp³-hybridized carbons (Fsp3) is 0.667. The second kappa shape index (κ2) is 4.34. The molecule has 0 spiro atoms. The zero-order valence-corrected chi connectivity index (χ0v) is 11.8.